The molecular weight excluding hydrogens is 939 g/mol. The van der Waals surface area contributed by atoms with E-state index in [-0.39, 0.29) is 327 Å². The Morgan fingerprint density at radius 2 is 0.714 bits per heavy atom. The number of hydrogen-bond donors (Lipinski definition) is 1. The van der Waals surface area contributed by atoms with Gasteiger partial charge in [-0.1, -0.05) is 0 Å². The zero-order valence-corrected chi connectivity index (χ0v) is 37.1. The Kier molecular flexibility index (Phi) is 394. The molecule has 0 aromatic heterocycles. The molecule has 0 aliphatic carbocycles. The first kappa shape index (κ1) is 73.5. The fourth-order valence-corrected chi connectivity index (χ4v) is 0. The van der Waals surface area contributed by atoms with Crippen LogP contribution in [-0.2, 0) is 327 Å². The normalized spacial score (nSPS) is 2.14. The maximum Gasteiger partial charge on any atom is 0 e. The average molecular weight is 947 g/mol. The van der Waals surface area contributed by atoms with E-state index in [9.17, 15) is 0 Å². The van der Waals surface area contributed by atoms with Crippen LogP contribution in [0.1, 0.15) is 0 Å². The fourth-order valence-electron chi connectivity index (χ4n) is 0. The Morgan fingerprint density at radius 3 is 0.714 bits per heavy atom. The minimum atomic E-state index is 0. The predicted molar refractivity (Wildman–Crippen MR) is 19.3 cm³/mol. The van der Waals surface area contributed by atoms with Gasteiger partial charge in [0.1, 0.15) is 0 Å². The van der Waals surface area contributed by atoms with Crippen LogP contribution >= 0.6 is 0 Å². The fraction of sp³-hybridized carbons (Fsp3) is 0.667. The third-order valence-electron chi connectivity index (χ3n) is 0.250. The molecule has 0 unspecified atom stereocenters. The van der Waals surface area contributed by atoms with E-state index in [0.717, 1.165) is 6.54 Å². The molecule has 0 saturated heterocycles. The summed E-state index contributed by atoms with van der Waals surface area (Å²) in [6, 6.07) is 0. The Labute approximate surface area is 341 Å². The van der Waals surface area contributed by atoms with Crippen LogP contribution in [0.4, 0.5) is 0 Å². The van der Waals surface area contributed by atoms with Crippen LogP contribution in [-0.4, -0.2) is 13.6 Å². The van der Waals surface area contributed by atoms with Crippen LogP contribution in [0.3, 0.4) is 0 Å². The van der Waals surface area contributed by atoms with Crippen LogP contribution in [0, 0.1) is 6.92 Å². The van der Waals surface area contributed by atoms with Crippen LogP contribution in [0.5, 0.6) is 0 Å². The molecule has 56 valence electrons. The monoisotopic (exact) mass is 947 g/mol. The van der Waals surface area contributed by atoms with E-state index in [0.29, 0.717) is 0 Å². The minimum absolute atomic E-state index is 0. The second-order valence-corrected chi connectivity index (χ2v) is 0.604. The van der Waals surface area contributed by atoms with E-state index in [4.69, 9.17) is 0 Å². The van der Waals surface area contributed by atoms with Crippen molar-refractivity contribution in [2.45, 2.75) is 0 Å². The SMILES string of the molecule is [CH2-]CNC.[Y].[Y].[Y].[Y].[Y].[Y].[Y].[Y].[Y].[Y]. The molecule has 0 aromatic carbocycles. The maximum atomic E-state index is 3.49. The molecule has 11 heteroatoms. The van der Waals surface area contributed by atoms with Gasteiger partial charge in [0.25, 0.3) is 0 Å². The predicted octanol–water partition coefficient (Wildman–Crippen LogP) is 0.0149. The van der Waals surface area contributed by atoms with E-state index in [2.05, 4.69) is 12.2 Å². The van der Waals surface area contributed by atoms with Gasteiger partial charge in [0.05, 0.1) is 0 Å². The zero-order chi connectivity index (χ0) is 3.41. The van der Waals surface area contributed by atoms with Crippen molar-refractivity contribution in [2.75, 3.05) is 13.6 Å². The Hall–Kier alpha value is 11.0. The van der Waals surface area contributed by atoms with E-state index < -0.39 is 0 Å². The number of hydrogen-bond acceptors (Lipinski definition) is 1. The van der Waals surface area contributed by atoms with Gasteiger partial charge in [0, 0.05) is 327 Å². The Morgan fingerprint density at radius 1 is 0.643 bits per heavy atom. The van der Waals surface area contributed by atoms with Crippen molar-refractivity contribution in [2.24, 2.45) is 0 Å². The topological polar surface area (TPSA) is 12.0 Å². The van der Waals surface area contributed by atoms with Gasteiger partial charge in [-0.2, -0.15) is 0 Å². The smallest absolute Gasteiger partial charge is 0 e. The Balaban J connectivity index is -0.000000001000. The van der Waals surface area contributed by atoms with Gasteiger partial charge in [-0.25, -0.2) is 0 Å². The molecule has 0 fully saturated rings. The molecule has 0 heterocycles. The summed E-state index contributed by atoms with van der Waals surface area (Å²) in [5.74, 6) is 0. The standard InChI is InChI=1S/C3H8N.10Y/c1-3-4-2;;;;;;;;;;/h4H,1,3H2,2H3;;;;;;;;;;/q-1;;;;;;;;;;. The van der Waals surface area contributed by atoms with Crippen molar-refractivity contribution in [3.63, 3.8) is 0 Å². The van der Waals surface area contributed by atoms with Crippen LogP contribution in [0.2, 0.25) is 0 Å². The van der Waals surface area contributed by atoms with Crippen molar-refractivity contribution < 1.29 is 327 Å². The van der Waals surface area contributed by atoms with E-state index in [1.165, 1.54) is 0 Å². The average Bonchev–Trinajstić information content (AvgIpc) is 1.37. The third kappa shape index (κ3) is 77.3. The molecule has 0 saturated carbocycles. The molecule has 0 atom stereocenters. The van der Waals surface area contributed by atoms with Crippen molar-refractivity contribution in [1.29, 1.82) is 0 Å². The minimum Gasteiger partial charge on any atom is -0.349 e. The van der Waals surface area contributed by atoms with Gasteiger partial charge in [-0.05, 0) is 7.05 Å². The first-order valence-electron chi connectivity index (χ1n) is 1.35. The molecule has 10 radical (unpaired) electrons. The third-order valence-corrected chi connectivity index (χ3v) is 0.250. The molecule has 0 aliphatic rings. The van der Waals surface area contributed by atoms with Gasteiger partial charge in [-0.3, -0.25) is 0 Å². The summed E-state index contributed by atoms with van der Waals surface area (Å²) < 4.78 is 0. The van der Waals surface area contributed by atoms with Gasteiger partial charge in [-0.15, -0.1) is 6.54 Å². The van der Waals surface area contributed by atoms with E-state index in [1.807, 2.05) is 7.05 Å². The number of rotatable bonds is 1. The van der Waals surface area contributed by atoms with E-state index >= 15 is 0 Å². The molecule has 14 heavy (non-hydrogen) atoms. The zero-order valence-electron chi connectivity index (χ0n) is 8.69. The van der Waals surface area contributed by atoms with Gasteiger partial charge >= 0.3 is 0 Å². The van der Waals surface area contributed by atoms with Crippen molar-refractivity contribution in [1.82, 2.24) is 5.32 Å². The number of nitrogens with one attached hydrogen (secondary N) is 1. The summed E-state index contributed by atoms with van der Waals surface area (Å²) in [6.45, 7) is 4.31. The van der Waals surface area contributed by atoms with E-state index in [1.54, 1.807) is 0 Å². The van der Waals surface area contributed by atoms with Gasteiger partial charge in [0.2, 0.25) is 0 Å². The van der Waals surface area contributed by atoms with Crippen molar-refractivity contribution >= 4 is 0 Å². The summed E-state index contributed by atoms with van der Waals surface area (Å²) in [4.78, 5) is 0. The molecule has 0 amide bonds. The van der Waals surface area contributed by atoms with Crippen molar-refractivity contribution in [3.05, 3.63) is 6.92 Å². The summed E-state index contributed by atoms with van der Waals surface area (Å²) in [6.07, 6.45) is 0. The summed E-state index contributed by atoms with van der Waals surface area (Å²) in [5.41, 5.74) is 0. The first-order valence-corrected chi connectivity index (χ1v) is 1.35. The summed E-state index contributed by atoms with van der Waals surface area (Å²) in [5, 5.41) is 2.82. The van der Waals surface area contributed by atoms with Gasteiger partial charge in [0.15, 0.2) is 0 Å². The second-order valence-electron chi connectivity index (χ2n) is 0.604. The molecule has 0 aliphatic heterocycles. The summed E-state index contributed by atoms with van der Waals surface area (Å²) >= 11 is 0. The molecule has 1 N–H and O–H groups in total. The van der Waals surface area contributed by atoms with Crippen LogP contribution in [0.15, 0.2) is 0 Å². The molecular formula is C3H8NY10-. The maximum absolute atomic E-state index is 3.49. The molecule has 0 spiro atoms. The Bertz CT molecular complexity index is 17.3. The second kappa shape index (κ2) is 75.1. The van der Waals surface area contributed by atoms with Crippen molar-refractivity contribution in [3.8, 4) is 0 Å². The van der Waals surface area contributed by atoms with Gasteiger partial charge < -0.3 is 12.2 Å². The first-order chi connectivity index (χ1) is 1.91. The molecule has 1 nitrogen and oxygen atoms in total. The largest absolute Gasteiger partial charge is 0.349 e. The molecule has 0 aromatic rings. The molecule has 0 bridgehead atoms. The van der Waals surface area contributed by atoms with Crippen LogP contribution < -0.4 is 5.32 Å². The summed E-state index contributed by atoms with van der Waals surface area (Å²) in [7, 11) is 1.87. The molecule has 0 rings (SSSR count). The van der Waals surface area contributed by atoms with Crippen LogP contribution in [0.25, 0.3) is 0 Å². The quantitative estimate of drug-likeness (QED) is 0.367.